The fourth-order valence-electron chi connectivity index (χ4n) is 3.12. The Morgan fingerprint density at radius 2 is 2.12 bits per heavy atom. The number of hydrogen-bond donors (Lipinski definition) is 1. The Kier molecular flexibility index (Phi) is 7.10. The molecule has 0 saturated carbocycles. The van der Waals surface area contributed by atoms with E-state index in [0.717, 1.165) is 43.0 Å². The van der Waals surface area contributed by atoms with Crippen molar-refractivity contribution in [1.29, 1.82) is 0 Å². The van der Waals surface area contributed by atoms with E-state index in [0.29, 0.717) is 19.4 Å². The zero-order valence-electron chi connectivity index (χ0n) is 15.3. The number of amides is 2. The number of methoxy groups -OCH3 is 2. The average molecular weight is 348 g/mol. The molecular formula is C19H28N2O4. The van der Waals surface area contributed by atoms with E-state index in [2.05, 4.69) is 5.32 Å². The zero-order chi connectivity index (χ0) is 18.2. The highest BCUT2D eigenvalue weighted by molar-refractivity contribution is 5.78. The molecule has 0 bridgehead atoms. The molecule has 1 atom stereocenters. The number of benzene rings is 1. The van der Waals surface area contributed by atoms with E-state index in [1.807, 2.05) is 30.0 Å². The van der Waals surface area contributed by atoms with Crippen LogP contribution in [0.1, 0.15) is 44.1 Å². The van der Waals surface area contributed by atoms with Crippen LogP contribution < -0.4 is 14.8 Å². The van der Waals surface area contributed by atoms with Gasteiger partial charge in [-0.05, 0) is 30.4 Å². The van der Waals surface area contributed by atoms with Gasteiger partial charge in [0.1, 0.15) is 11.5 Å². The maximum absolute atomic E-state index is 12.2. The first-order valence-corrected chi connectivity index (χ1v) is 8.81. The van der Waals surface area contributed by atoms with Gasteiger partial charge >= 0.3 is 0 Å². The van der Waals surface area contributed by atoms with Crippen LogP contribution in [-0.4, -0.2) is 50.6 Å². The molecule has 1 aliphatic rings. The maximum atomic E-state index is 12.2. The van der Waals surface area contributed by atoms with Gasteiger partial charge in [0.05, 0.1) is 14.2 Å². The molecule has 0 aliphatic carbocycles. The fraction of sp³-hybridized carbons (Fsp3) is 0.579. The first-order chi connectivity index (χ1) is 12.0. The molecule has 0 aromatic heterocycles. The molecule has 1 aromatic carbocycles. The van der Waals surface area contributed by atoms with Crippen molar-refractivity contribution in [3.05, 3.63) is 23.8 Å². The second-order valence-corrected chi connectivity index (χ2v) is 6.40. The number of nitrogens with one attached hydrogen (secondary N) is 1. The van der Waals surface area contributed by atoms with Crippen LogP contribution in [0.15, 0.2) is 18.2 Å². The number of hydrogen-bond acceptors (Lipinski definition) is 4. The summed E-state index contributed by atoms with van der Waals surface area (Å²) in [6.45, 7) is 4.17. The summed E-state index contributed by atoms with van der Waals surface area (Å²) in [6, 6.07) is 5.64. The zero-order valence-corrected chi connectivity index (χ0v) is 15.3. The predicted molar refractivity (Wildman–Crippen MR) is 96.0 cm³/mol. The van der Waals surface area contributed by atoms with Gasteiger partial charge in [0.15, 0.2) is 0 Å². The molecule has 1 unspecified atom stereocenters. The molecule has 1 aromatic rings. The third-order valence-corrected chi connectivity index (χ3v) is 4.56. The molecule has 0 radical (unpaired) electrons. The molecule has 1 saturated heterocycles. The van der Waals surface area contributed by atoms with Gasteiger partial charge < -0.3 is 19.7 Å². The smallest absolute Gasteiger partial charge is 0.222 e. The average Bonchev–Trinajstić information content (AvgIpc) is 3.03. The highest BCUT2D eigenvalue weighted by Gasteiger charge is 2.19. The standard InChI is InChI=1S/C19H28N2O4/c1-14(16-8-7-15(24-2)13-17(16)25-3)12-18(22)20-9-5-11-21-10-4-6-19(21)23/h7-8,13-14H,4-6,9-12H2,1-3H3,(H,20,22). The first kappa shape index (κ1) is 19.1. The summed E-state index contributed by atoms with van der Waals surface area (Å²) in [5, 5.41) is 2.94. The lowest BCUT2D eigenvalue weighted by molar-refractivity contribution is -0.127. The van der Waals surface area contributed by atoms with Crippen LogP contribution in [0.2, 0.25) is 0 Å². The largest absolute Gasteiger partial charge is 0.497 e. The van der Waals surface area contributed by atoms with E-state index in [9.17, 15) is 9.59 Å². The van der Waals surface area contributed by atoms with E-state index >= 15 is 0 Å². The first-order valence-electron chi connectivity index (χ1n) is 8.81. The number of nitrogens with zero attached hydrogens (tertiary/aromatic N) is 1. The van der Waals surface area contributed by atoms with Gasteiger partial charge in [0, 0.05) is 38.5 Å². The SMILES string of the molecule is COc1ccc(C(C)CC(=O)NCCCN2CCCC2=O)c(OC)c1. The monoisotopic (exact) mass is 348 g/mol. The fourth-order valence-corrected chi connectivity index (χ4v) is 3.12. The van der Waals surface area contributed by atoms with Crippen LogP contribution in [0.25, 0.3) is 0 Å². The lowest BCUT2D eigenvalue weighted by atomic mass is 9.96. The molecule has 25 heavy (non-hydrogen) atoms. The third kappa shape index (κ3) is 5.37. The third-order valence-electron chi connectivity index (χ3n) is 4.56. The van der Waals surface area contributed by atoms with Crippen molar-refractivity contribution < 1.29 is 19.1 Å². The highest BCUT2D eigenvalue weighted by Crippen LogP contribution is 2.32. The number of ether oxygens (including phenoxy) is 2. The van der Waals surface area contributed by atoms with Crippen molar-refractivity contribution >= 4 is 11.8 Å². The molecule has 1 aliphatic heterocycles. The van der Waals surface area contributed by atoms with Crippen LogP contribution in [0.4, 0.5) is 0 Å². The van der Waals surface area contributed by atoms with Crippen LogP contribution in [0.3, 0.4) is 0 Å². The van der Waals surface area contributed by atoms with Gasteiger partial charge in [-0.3, -0.25) is 9.59 Å². The molecule has 2 amide bonds. The minimum Gasteiger partial charge on any atom is -0.497 e. The van der Waals surface area contributed by atoms with E-state index in [4.69, 9.17) is 9.47 Å². The van der Waals surface area contributed by atoms with Gasteiger partial charge in [0.25, 0.3) is 0 Å². The molecule has 1 N–H and O–H groups in total. The van der Waals surface area contributed by atoms with Crippen molar-refractivity contribution in [1.82, 2.24) is 10.2 Å². The highest BCUT2D eigenvalue weighted by atomic mass is 16.5. The Hall–Kier alpha value is -2.24. The summed E-state index contributed by atoms with van der Waals surface area (Å²) in [7, 11) is 3.23. The lowest BCUT2D eigenvalue weighted by Gasteiger charge is -2.17. The van der Waals surface area contributed by atoms with Crippen LogP contribution in [-0.2, 0) is 9.59 Å². The van der Waals surface area contributed by atoms with E-state index < -0.39 is 0 Å². The number of rotatable bonds is 9. The number of likely N-dealkylation sites (tertiary alicyclic amines) is 1. The molecule has 1 fully saturated rings. The van der Waals surface area contributed by atoms with Gasteiger partial charge in [-0.1, -0.05) is 13.0 Å². The summed E-state index contributed by atoms with van der Waals surface area (Å²) >= 11 is 0. The Morgan fingerprint density at radius 3 is 2.76 bits per heavy atom. The normalized spacial score (nSPS) is 15.2. The number of carbonyl (C=O) groups excluding carboxylic acids is 2. The van der Waals surface area contributed by atoms with E-state index in [1.165, 1.54) is 0 Å². The van der Waals surface area contributed by atoms with Crippen LogP contribution >= 0.6 is 0 Å². The van der Waals surface area contributed by atoms with Gasteiger partial charge in [0.2, 0.25) is 11.8 Å². The number of carbonyl (C=O) groups is 2. The molecule has 1 heterocycles. The summed E-state index contributed by atoms with van der Waals surface area (Å²) in [5.74, 6) is 1.74. The van der Waals surface area contributed by atoms with E-state index in [-0.39, 0.29) is 17.7 Å². The molecule has 2 rings (SSSR count). The quantitative estimate of drug-likeness (QED) is 0.696. The van der Waals surface area contributed by atoms with Gasteiger partial charge in [-0.15, -0.1) is 0 Å². The maximum Gasteiger partial charge on any atom is 0.222 e. The Bertz CT molecular complexity index is 603. The van der Waals surface area contributed by atoms with Crippen LogP contribution in [0.5, 0.6) is 11.5 Å². The Morgan fingerprint density at radius 1 is 1.32 bits per heavy atom. The van der Waals surface area contributed by atoms with Gasteiger partial charge in [-0.25, -0.2) is 0 Å². The second-order valence-electron chi connectivity index (χ2n) is 6.40. The molecule has 6 heteroatoms. The van der Waals surface area contributed by atoms with Gasteiger partial charge in [-0.2, -0.15) is 0 Å². The summed E-state index contributed by atoms with van der Waals surface area (Å²) in [6.07, 6.45) is 2.79. The lowest BCUT2D eigenvalue weighted by Crippen LogP contribution is -2.31. The van der Waals surface area contributed by atoms with Crippen molar-refractivity contribution in [3.8, 4) is 11.5 Å². The topological polar surface area (TPSA) is 67.9 Å². The van der Waals surface area contributed by atoms with E-state index in [1.54, 1.807) is 14.2 Å². The predicted octanol–water partition coefficient (Wildman–Crippen LogP) is 2.33. The van der Waals surface area contributed by atoms with Crippen molar-refractivity contribution in [2.45, 2.75) is 38.5 Å². The Labute approximate surface area is 149 Å². The molecule has 138 valence electrons. The molecule has 6 nitrogen and oxygen atoms in total. The summed E-state index contributed by atoms with van der Waals surface area (Å²) < 4.78 is 10.6. The molecular weight excluding hydrogens is 320 g/mol. The van der Waals surface area contributed by atoms with Crippen molar-refractivity contribution in [2.75, 3.05) is 33.9 Å². The van der Waals surface area contributed by atoms with Crippen LogP contribution in [0, 0.1) is 0 Å². The summed E-state index contributed by atoms with van der Waals surface area (Å²) in [5.41, 5.74) is 0.987. The Balaban J connectivity index is 1.77. The summed E-state index contributed by atoms with van der Waals surface area (Å²) in [4.78, 5) is 25.6. The van der Waals surface area contributed by atoms with Crippen molar-refractivity contribution in [2.24, 2.45) is 0 Å². The van der Waals surface area contributed by atoms with Crippen molar-refractivity contribution in [3.63, 3.8) is 0 Å². The minimum atomic E-state index is 0.0121. The second kappa shape index (κ2) is 9.30. The molecule has 0 spiro atoms. The minimum absolute atomic E-state index is 0.0121.